The molecule has 2 aromatic rings. The molecule has 4 heteroatoms. The highest BCUT2D eigenvalue weighted by Gasteiger charge is 2.12. The van der Waals surface area contributed by atoms with Crippen LogP contribution < -0.4 is 5.73 Å². The maximum Gasteiger partial charge on any atom is 0.123 e. The summed E-state index contributed by atoms with van der Waals surface area (Å²) in [6, 6.07) is 8.60. The fourth-order valence-electron chi connectivity index (χ4n) is 1.68. The molecule has 0 aliphatic rings. The van der Waals surface area contributed by atoms with Crippen molar-refractivity contribution in [2.24, 2.45) is 5.73 Å². The molecule has 1 heterocycles. The quantitative estimate of drug-likeness (QED) is 0.903. The van der Waals surface area contributed by atoms with Crippen molar-refractivity contribution in [2.45, 2.75) is 19.4 Å². The van der Waals surface area contributed by atoms with E-state index in [1.165, 1.54) is 17.7 Å². The van der Waals surface area contributed by atoms with Gasteiger partial charge in [-0.2, -0.15) is 0 Å². The van der Waals surface area contributed by atoms with Crippen molar-refractivity contribution in [1.29, 1.82) is 0 Å². The van der Waals surface area contributed by atoms with Crippen LogP contribution in [0.15, 0.2) is 34.1 Å². The number of benzene rings is 1. The van der Waals surface area contributed by atoms with Gasteiger partial charge in [-0.15, -0.1) is 11.3 Å². The van der Waals surface area contributed by atoms with Crippen molar-refractivity contribution in [3.63, 3.8) is 0 Å². The lowest BCUT2D eigenvalue weighted by atomic mass is 10.1. The SMILES string of the molecule is Cc1cc(C(N)Cc2cccc(F)c2)sc1Br. The Kier molecular flexibility index (Phi) is 3.97. The third-order valence-electron chi connectivity index (χ3n) is 2.59. The maximum atomic E-state index is 13.0. The molecule has 0 saturated carbocycles. The van der Waals surface area contributed by atoms with Gasteiger partial charge in [-0.25, -0.2) is 4.39 Å². The zero-order chi connectivity index (χ0) is 12.4. The standard InChI is InChI=1S/C13H13BrFNS/c1-8-5-12(17-13(8)14)11(16)7-9-3-2-4-10(15)6-9/h2-6,11H,7,16H2,1H3. The van der Waals surface area contributed by atoms with Crippen LogP contribution in [0.4, 0.5) is 4.39 Å². The maximum absolute atomic E-state index is 13.0. The Hall–Kier alpha value is -0.710. The van der Waals surface area contributed by atoms with Gasteiger partial charge >= 0.3 is 0 Å². The van der Waals surface area contributed by atoms with E-state index in [2.05, 4.69) is 22.0 Å². The van der Waals surface area contributed by atoms with Gasteiger partial charge < -0.3 is 5.73 Å². The first-order valence-electron chi connectivity index (χ1n) is 5.32. The zero-order valence-electron chi connectivity index (χ0n) is 9.41. The molecule has 0 spiro atoms. The molecule has 0 bridgehead atoms. The molecule has 0 aliphatic carbocycles. The van der Waals surface area contributed by atoms with Gasteiger partial charge in [0.1, 0.15) is 5.82 Å². The predicted molar refractivity (Wildman–Crippen MR) is 73.8 cm³/mol. The first-order valence-corrected chi connectivity index (χ1v) is 6.93. The van der Waals surface area contributed by atoms with Gasteiger partial charge in [-0.1, -0.05) is 12.1 Å². The largest absolute Gasteiger partial charge is 0.323 e. The van der Waals surface area contributed by atoms with Crippen LogP contribution in [-0.4, -0.2) is 0 Å². The third-order valence-corrected chi connectivity index (χ3v) is 4.85. The highest BCUT2D eigenvalue weighted by atomic mass is 79.9. The van der Waals surface area contributed by atoms with Crippen LogP contribution >= 0.6 is 27.3 Å². The first kappa shape index (κ1) is 12.7. The second kappa shape index (κ2) is 5.29. The Morgan fingerprint density at radius 2 is 2.18 bits per heavy atom. The van der Waals surface area contributed by atoms with E-state index < -0.39 is 0 Å². The molecule has 17 heavy (non-hydrogen) atoms. The lowest BCUT2D eigenvalue weighted by Crippen LogP contribution is -2.11. The van der Waals surface area contributed by atoms with Crippen LogP contribution in [0.3, 0.4) is 0 Å². The first-order chi connectivity index (χ1) is 8.06. The molecule has 1 atom stereocenters. The second-order valence-electron chi connectivity index (χ2n) is 4.05. The second-order valence-corrected chi connectivity index (χ2v) is 6.45. The molecule has 1 nitrogen and oxygen atoms in total. The van der Waals surface area contributed by atoms with Crippen LogP contribution in [0.2, 0.25) is 0 Å². The fraction of sp³-hybridized carbons (Fsp3) is 0.231. The Bertz CT molecular complexity index is 504. The summed E-state index contributed by atoms with van der Waals surface area (Å²) in [5.74, 6) is -0.210. The summed E-state index contributed by atoms with van der Waals surface area (Å²) >= 11 is 5.13. The van der Waals surface area contributed by atoms with Crippen LogP contribution in [0.1, 0.15) is 22.0 Å². The van der Waals surface area contributed by atoms with Crippen LogP contribution in [0.5, 0.6) is 0 Å². The summed E-state index contributed by atoms with van der Waals surface area (Å²) in [7, 11) is 0. The minimum atomic E-state index is -0.210. The van der Waals surface area contributed by atoms with E-state index in [1.54, 1.807) is 17.4 Å². The van der Waals surface area contributed by atoms with E-state index in [0.29, 0.717) is 6.42 Å². The summed E-state index contributed by atoms with van der Waals surface area (Å²) in [5, 5.41) is 0. The molecule has 2 N–H and O–H groups in total. The molecule has 1 aromatic heterocycles. The molecule has 1 unspecified atom stereocenters. The van der Waals surface area contributed by atoms with E-state index in [1.807, 2.05) is 13.0 Å². The number of aryl methyl sites for hydroxylation is 1. The molecule has 0 fully saturated rings. The van der Waals surface area contributed by atoms with Crippen LogP contribution in [0.25, 0.3) is 0 Å². The highest BCUT2D eigenvalue weighted by molar-refractivity contribution is 9.11. The van der Waals surface area contributed by atoms with Gasteiger partial charge in [0.25, 0.3) is 0 Å². The summed E-state index contributed by atoms with van der Waals surface area (Å²) in [6.45, 7) is 2.04. The van der Waals surface area contributed by atoms with Crippen molar-refractivity contribution < 1.29 is 4.39 Å². The molecule has 2 rings (SSSR count). The molecule has 1 aromatic carbocycles. The number of thiophene rings is 1. The third kappa shape index (κ3) is 3.15. The molecule has 0 aliphatic heterocycles. The number of rotatable bonds is 3. The van der Waals surface area contributed by atoms with E-state index in [4.69, 9.17) is 5.73 Å². The van der Waals surface area contributed by atoms with E-state index >= 15 is 0 Å². The van der Waals surface area contributed by atoms with Crippen molar-refractivity contribution in [2.75, 3.05) is 0 Å². The molecular weight excluding hydrogens is 301 g/mol. The van der Waals surface area contributed by atoms with Gasteiger partial charge in [0.05, 0.1) is 3.79 Å². The van der Waals surface area contributed by atoms with Gasteiger partial charge in [-0.05, 0) is 58.6 Å². The van der Waals surface area contributed by atoms with E-state index in [9.17, 15) is 4.39 Å². The molecular formula is C13H13BrFNS. The van der Waals surface area contributed by atoms with Crippen molar-refractivity contribution in [3.05, 3.63) is 55.9 Å². The van der Waals surface area contributed by atoms with Gasteiger partial charge in [0.2, 0.25) is 0 Å². The van der Waals surface area contributed by atoms with Crippen molar-refractivity contribution in [1.82, 2.24) is 0 Å². The zero-order valence-corrected chi connectivity index (χ0v) is 11.8. The van der Waals surface area contributed by atoms with Gasteiger partial charge in [0, 0.05) is 10.9 Å². The minimum absolute atomic E-state index is 0.0770. The molecule has 0 radical (unpaired) electrons. The molecule has 90 valence electrons. The number of nitrogens with two attached hydrogens (primary N) is 1. The van der Waals surface area contributed by atoms with E-state index in [-0.39, 0.29) is 11.9 Å². The predicted octanol–water partition coefficient (Wildman–Crippen LogP) is 4.20. The molecule has 0 amide bonds. The number of hydrogen-bond donors (Lipinski definition) is 1. The van der Waals surface area contributed by atoms with Crippen molar-refractivity contribution >= 4 is 27.3 Å². The Balaban J connectivity index is 2.14. The minimum Gasteiger partial charge on any atom is -0.323 e. The van der Waals surface area contributed by atoms with Gasteiger partial charge in [0.15, 0.2) is 0 Å². The highest BCUT2D eigenvalue weighted by Crippen LogP contribution is 2.31. The summed E-state index contributed by atoms with van der Waals surface area (Å²) < 4.78 is 14.2. The van der Waals surface area contributed by atoms with E-state index in [0.717, 1.165) is 14.2 Å². The lowest BCUT2D eigenvalue weighted by Gasteiger charge is -2.09. The normalized spacial score (nSPS) is 12.7. The number of hydrogen-bond acceptors (Lipinski definition) is 2. The smallest absolute Gasteiger partial charge is 0.123 e. The lowest BCUT2D eigenvalue weighted by molar-refractivity contribution is 0.622. The monoisotopic (exact) mass is 313 g/mol. The van der Waals surface area contributed by atoms with Crippen LogP contribution in [-0.2, 0) is 6.42 Å². The summed E-state index contributed by atoms with van der Waals surface area (Å²) in [4.78, 5) is 1.12. The van der Waals surface area contributed by atoms with Gasteiger partial charge in [-0.3, -0.25) is 0 Å². The summed E-state index contributed by atoms with van der Waals surface area (Å²) in [6.07, 6.45) is 0.657. The average Bonchev–Trinajstić information content (AvgIpc) is 2.59. The Morgan fingerprint density at radius 1 is 1.41 bits per heavy atom. The number of halogens is 2. The summed E-state index contributed by atoms with van der Waals surface area (Å²) in [5.41, 5.74) is 8.25. The van der Waals surface area contributed by atoms with Crippen LogP contribution in [0, 0.1) is 12.7 Å². The fourth-order valence-corrected chi connectivity index (χ4v) is 3.26. The topological polar surface area (TPSA) is 26.0 Å². The Labute approximate surface area is 113 Å². The van der Waals surface area contributed by atoms with Crippen molar-refractivity contribution in [3.8, 4) is 0 Å². The average molecular weight is 314 g/mol. The Morgan fingerprint density at radius 3 is 2.76 bits per heavy atom. The molecule has 0 saturated heterocycles.